The minimum Gasteiger partial charge on any atom is -0.454 e. The standard InChI is InChI=1S/C26H21N3O3S2/c30-25-23(34-26(33)28(25)16-20-10-6-12-31-20)14-18-15-29(19-8-2-1-3-9-19)27-24(18)22-13-17-7-4-5-11-21(17)32-22/h1-5,7-9,11,13-15,20H,6,10,12,16H2/b23-14-. The fourth-order valence-corrected chi connectivity index (χ4v) is 5.55. The summed E-state index contributed by atoms with van der Waals surface area (Å²) in [5.41, 5.74) is 3.18. The lowest BCUT2D eigenvalue weighted by Crippen LogP contribution is -2.35. The van der Waals surface area contributed by atoms with Gasteiger partial charge in [0.15, 0.2) is 5.76 Å². The van der Waals surface area contributed by atoms with Crippen LogP contribution in [0.25, 0.3) is 34.2 Å². The molecule has 0 N–H and O–H groups in total. The van der Waals surface area contributed by atoms with Gasteiger partial charge in [-0.15, -0.1) is 0 Å². The van der Waals surface area contributed by atoms with Crippen molar-refractivity contribution >= 4 is 51.3 Å². The first-order valence-corrected chi connectivity index (χ1v) is 12.4. The van der Waals surface area contributed by atoms with Gasteiger partial charge in [-0.2, -0.15) is 5.10 Å². The van der Waals surface area contributed by atoms with Crippen LogP contribution >= 0.6 is 24.0 Å². The molecule has 0 bridgehead atoms. The second-order valence-corrected chi connectivity index (χ2v) is 9.96. The molecule has 1 atom stereocenters. The number of amides is 1. The Hall–Kier alpha value is -3.20. The number of thiocarbonyl (C=S) groups is 1. The summed E-state index contributed by atoms with van der Waals surface area (Å²) in [5, 5.41) is 5.83. The number of furan rings is 1. The smallest absolute Gasteiger partial charge is 0.266 e. The van der Waals surface area contributed by atoms with E-state index in [0.29, 0.717) is 27.2 Å². The van der Waals surface area contributed by atoms with E-state index in [-0.39, 0.29) is 12.0 Å². The largest absolute Gasteiger partial charge is 0.454 e. The van der Waals surface area contributed by atoms with E-state index < -0.39 is 0 Å². The van der Waals surface area contributed by atoms with E-state index in [1.807, 2.05) is 77.6 Å². The van der Waals surface area contributed by atoms with Gasteiger partial charge in [-0.3, -0.25) is 9.69 Å². The van der Waals surface area contributed by atoms with Crippen LogP contribution in [0.3, 0.4) is 0 Å². The third-order valence-electron chi connectivity index (χ3n) is 5.99. The fraction of sp³-hybridized carbons (Fsp3) is 0.192. The Labute approximate surface area is 206 Å². The molecule has 170 valence electrons. The number of nitrogens with zero attached hydrogens (tertiary/aromatic N) is 3. The van der Waals surface area contributed by atoms with Gasteiger partial charge in [-0.05, 0) is 43.2 Å². The number of hydrogen-bond donors (Lipinski definition) is 0. The number of carbonyl (C=O) groups excluding carboxylic acids is 1. The average molecular weight is 488 g/mol. The van der Waals surface area contributed by atoms with Crippen molar-refractivity contribution in [3.8, 4) is 17.1 Å². The summed E-state index contributed by atoms with van der Waals surface area (Å²) >= 11 is 6.85. The van der Waals surface area contributed by atoms with Crippen LogP contribution in [0.15, 0.2) is 76.2 Å². The van der Waals surface area contributed by atoms with Gasteiger partial charge in [-0.1, -0.05) is 60.4 Å². The Balaban J connectivity index is 1.40. The van der Waals surface area contributed by atoms with Gasteiger partial charge >= 0.3 is 0 Å². The van der Waals surface area contributed by atoms with Crippen LogP contribution in [-0.2, 0) is 9.53 Å². The van der Waals surface area contributed by atoms with Crippen molar-refractivity contribution in [1.82, 2.24) is 14.7 Å². The molecule has 0 spiro atoms. The normalized spacial score (nSPS) is 19.7. The Morgan fingerprint density at radius 1 is 1.15 bits per heavy atom. The Bertz CT molecular complexity index is 1380. The van der Waals surface area contributed by atoms with E-state index in [9.17, 15) is 4.79 Å². The quantitative estimate of drug-likeness (QED) is 0.267. The summed E-state index contributed by atoms with van der Waals surface area (Å²) < 4.78 is 14.2. The first-order valence-electron chi connectivity index (χ1n) is 11.2. The molecule has 6 rings (SSSR count). The van der Waals surface area contributed by atoms with E-state index in [0.717, 1.165) is 41.7 Å². The Morgan fingerprint density at radius 3 is 2.76 bits per heavy atom. The number of para-hydroxylation sites is 2. The number of fused-ring (bicyclic) bond motifs is 1. The van der Waals surface area contributed by atoms with Gasteiger partial charge in [0.05, 0.1) is 23.2 Å². The Morgan fingerprint density at radius 2 is 1.97 bits per heavy atom. The van der Waals surface area contributed by atoms with Gasteiger partial charge in [0, 0.05) is 23.8 Å². The monoisotopic (exact) mass is 487 g/mol. The van der Waals surface area contributed by atoms with Crippen molar-refractivity contribution in [2.24, 2.45) is 0 Å². The molecule has 2 aromatic heterocycles. The number of hydrogen-bond acceptors (Lipinski definition) is 6. The number of benzene rings is 2. The second-order valence-electron chi connectivity index (χ2n) is 8.29. The predicted molar refractivity (Wildman–Crippen MR) is 138 cm³/mol. The minimum absolute atomic E-state index is 0.0498. The number of thioether (sulfide) groups is 1. The summed E-state index contributed by atoms with van der Waals surface area (Å²) in [7, 11) is 0. The highest BCUT2D eigenvalue weighted by atomic mass is 32.2. The third kappa shape index (κ3) is 3.98. The van der Waals surface area contributed by atoms with E-state index in [1.165, 1.54) is 11.8 Å². The van der Waals surface area contributed by atoms with Crippen molar-refractivity contribution in [3.63, 3.8) is 0 Å². The van der Waals surface area contributed by atoms with Crippen LogP contribution < -0.4 is 0 Å². The lowest BCUT2D eigenvalue weighted by atomic mass is 10.1. The highest BCUT2D eigenvalue weighted by Crippen LogP contribution is 2.36. The highest BCUT2D eigenvalue weighted by Gasteiger charge is 2.35. The maximum atomic E-state index is 13.2. The molecule has 1 unspecified atom stereocenters. The van der Waals surface area contributed by atoms with Crippen molar-refractivity contribution in [2.45, 2.75) is 18.9 Å². The first-order chi connectivity index (χ1) is 16.7. The summed E-state index contributed by atoms with van der Waals surface area (Å²) in [6.45, 7) is 1.25. The molecular formula is C26H21N3O3S2. The first kappa shape index (κ1) is 21.3. The molecule has 2 aromatic carbocycles. The SMILES string of the molecule is O=C1/C(=C/c2cn(-c3ccccc3)nc2-c2cc3ccccc3o2)SC(=S)N1CC1CCCO1. The van der Waals surface area contributed by atoms with Gasteiger partial charge in [0.25, 0.3) is 5.91 Å². The highest BCUT2D eigenvalue weighted by molar-refractivity contribution is 8.26. The summed E-state index contributed by atoms with van der Waals surface area (Å²) in [6.07, 6.45) is 5.81. The van der Waals surface area contributed by atoms with Crippen LogP contribution in [0.1, 0.15) is 18.4 Å². The molecular weight excluding hydrogens is 466 g/mol. The fourth-order valence-electron chi connectivity index (χ4n) is 4.29. The zero-order chi connectivity index (χ0) is 23.1. The zero-order valence-electron chi connectivity index (χ0n) is 18.2. The maximum Gasteiger partial charge on any atom is 0.266 e. The molecule has 0 radical (unpaired) electrons. The Kier molecular flexibility index (Phi) is 5.57. The van der Waals surface area contributed by atoms with Crippen molar-refractivity contribution in [1.29, 1.82) is 0 Å². The van der Waals surface area contributed by atoms with Crippen LogP contribution in [0.2, 0.25) is 0 Å². The number of aromatic nitrogens is 2. The molecule has 34 heavy (non-hydrogen) atoms. The molecule has 4 aromatic rings. The molecule has 2 fully saturated rings. The van der Waals surface area contributed by atoms with E-state index in [4.69, 9.17) is 26.5 Å². The topological polar surface area (TPSA) is 60.5 Å². The van der Waals surface area contributed by atoms with Crippen LogP contribution in [0.5, 0.6) is 0 Å². The lowest BCUT2D eigenvalue weighted by molar-refractivity contribution is -0.123. The molecule has 6 nitrogen and oxygen atoms in total. The third-order valence-corrected chi connectivity index (χ3v) is 7.37. The van der Waals surface area contributed by atoms with E-state index in [2.05, 4.69) is 0 Å². The maximum absolute atomic E-state index is 13.2. The molecule has 0 saturated carbocycles. The van der Waals surface area contributed by atoms with E-state index in [1.54, 1.807) is 4.90 Å². The van der Waals surface area contributed by atoms with Gasteiger partial charge in [0.1, 0.15) is 15.6 Å². The number of ether oxygens (including phenoxy) is 1. The average Bonchev–Trinajstić information content (AvgIpc) is 3.64. The van der Waals surface area contributed by atoms with Crippen LogP contribution in [-0.4, -0.2) is 44.2 Å². The summed E-state index contributed by atoms with van der Waals surface area (Å²) in [4.78, 5) is 15.5. The van der Waals surface area contributed by atoms with Gasteiger partial charge < -0.3 is 9.15 Å². The molecule has 1 amide bonds. The summed E-state index contributed by atoms with van der Waals surface area (Å²) in [5.74, 6) is 0.561. The molecule has 8 heteroatoms. The van der Waals surface area contributed by atoms with Crippen molar-refractivity contribution in [3.05, 3.63) is 77.3 Å². The van der Waals surface area contributed by atoms with Crippen LogP contribution in [0, 0.1) is 0 Å². The van der Waals surface area contributed by atoms with Gasteiger partial charge in [-0.25, -0.2) is 4.68 Å². The molecule has 2 saturated heterocycles. The van der Waals surface area contributed by atoms with E-state index >= 15 is 0 Å². The number of rotatable bonds is 5. The lowest BCUT2D eigenvalue weighted by Gasteiger charge is -2.18. The zero-order valence-corrected chi connectivity index (χ0v) is 19.8. The molecule has 4 heterocycles. The molecule has 2 aliphatic heterocycles. The number of carbonyl (C=O) groups is 1. The van der Waals surface area contributed by atoms with Crippen LogP contribution in [0.4, 0.5) is 0 Å². The minimum atomic E-state index is -0.0893. The van der Waals surface area contributed by atoms with Crippen molar-refractivity contribution < 1.29 is 13.9 Å². The second kappa shape index (κ2) is 8.87. The summed E-state index contributed by atoms with van der Waals surface area (Å²) in [6, 6.07) is 19.7. The predicted octanol–water partition coefficient (Wildman–Crippen LogP) is 5.67. The van der Waals surface area contributed by atoms with Crippen molar-refractivity contribution in [2.75, 3.05) is 13.2 Å². The molecule has 2 aliphatic rings. The molecule has 0 aliphatic carbocycles. The van der Waals surface area contributed by atoms with Gasteiger partial charge in [0.2, 0.25) is 0 Å².